The number of fused-ring (bicyclic) bond motifs is 1. The topological polar surface area (TPSA) is 67.2 Å². The van der Waals surface area contributed by atoms with Gasteiger partial charge in [0, 0.05) is 31.7 Å². The standard InChI is InChI=1S/C17H22N6O/c24-17(16-18-6-4-7-19-16)22-12-14-5-8-20-23(14)15(13-22)11-21-9-2-1-3-10-21/h4-8,15H,1-3,9-13H2/t15-/m1/s1. The molecule has 2 aliphatic rings. The fraction of sp³-hybridized carbons (Fsp3) is 0.529. The van der Waals surface area contributed by atoms with Crippen LogP contribution < -0.4 is 0 Å². The van der Waals surface area contributed by atoms with E-state index in [0.717, 1.165) is 25.3 Å². The number of likely N-dealkylation sites (tertiary alicyclic amines) is 1. The minimum absolute atomic E-state index is 0.105. The number of aromatic nitrogens is 4. The maximum Gasteiger partial charge on any atom is 0.292 e. The maximum absolute atomic E-state index is 12.7. The predicted molar refractivity (Wildman–Crippen MR) is 88.3 cm³/mol. The van der Waals surface area contributed by atoms with E-state index in [0.29, 0.717) is 13.1 Å². The second-order valence-corrected chi connectivity index (χ2v) is 6.54. The molecule has 7 heteroatoms. The minimum Gasteiger partial charge on any atom is -0.328 e. The molecular formula is C17H22N6O. The average Bonchev–Trinajstić information content (AvgIpc) is 3.11. The third kappa shape index (κ3) is 3.03. The van der Waals surface area contributed by atoms with E-state index < -0.39 is 0 Å². The van der Waals surface area contributed by atoms with Gasteiger partial charge in [-0.15, -0.1) is 0 Å². The van der Waals surface area contributed by atoms with E-state index in [-0.39, 0.29) is 17.8 Å². The van der Waals surface area contributed by atoms with Gasteiger partial charge in [-0.25, -0.2) is 9.97 Å². The number of nitrogens with zero attached hydrogens (tertiary/aromatic N) is 6. The van der Waals surface area contributed by atoms with E-state index >= 15 is 0 Å². The predicted octanol–water partition coefficient (Wildman–Crippen LogP) is 1.36. The minimum atomic E-state index is -0.105. The van der Waals surface area contributed by atoms with Crippen LogP contribution in [0.1, 0.15) is 41.6 Å². The average molecular weight is 326 g/mol. The first-order valence-electron chi connectivity index (χ1n) is 8.62. The molecule has 1 amide bonds. The molecule has 0 unspecified atom stereocenters. The van der Waals surface area contributed by atoms with Crippen LogP contribution >= 0.6 is 0 Å². The molecule has 0 N–H and O–H groups in total. The highest BCUT2D eigenvalue weighted by atomic mass is 16.2. The Morgan fingerprint density at radius 2 is 1.92 bits per heavy atom. The van der Waals surface area contributed by atoms with Gasteiger partial charge in [0.05, 0.1) is 18.3 Å². The molecule has 0 spiro atoms. The lowest BCUT2D eigenvalue weighted by atomic mass is 10.1. The summed E-state index contributed by atoms with van der Waals surface area (Å²) in [5.41, 5.74) is 1.08. The molecule has 4 heterocycles. The SMILES string of the molecule is O=C(c1ncccn1)N1Cc2ccnn2[C@H](CN2CCCCC2)C1. The van der Waals surface area contributed by atoms with Crippen molar-refractivity contribution in [2.45, 2.75) is 31.8 Å². The van der Waals surface area contributed by atoms with Crippen molar-refractivity contribution in [2.75, 3.05) is 26.2 Å². The van der Waals surface area contributed by atoms with E-state index in [4.69, 9.17) is 0 Å². The van der Waals surface area contributed by atoms with Crippen LogP contribution in [0, 0.1) is 0 Å². The van der Waals surface area contributed by atoms with Crippen LogP contribution in [-0.2, 0) is 6.54 Å². The lowest BCUT2D eigenvalue weighted by Crippen LogP contribution is -2.46. The second-order valence-electron chi connectivity index (χ2n) is 6.54. The van der Waals surface area contributed by atoms with Crippen molar-refractivity contribution in [3.8, 4) is 0 Å². The molecule has 0 aliphatic carbocycles. The largest absolute Gasteiger partial charge is 0.328 e. The van der Waals surface area contributed by atoms with Crippen molar-refractivity contribution >= 4 is 5.91 Å². The Labute approximate surface area is 141 Å². The van der Waals surface area contributed by atoms with Crippen LogP contribution in [0.4, 0.5) is 0 Å². The number of hydrogen-bond donors (Lipinski definition) is 0. The van der Waals surface area contributed by atoms with E-state index in [1.165, 1.54) is 19.3 Å². The van der Waals surface area contributed by atoms with Crippen LogP contribution in [0.2, 0.25) is 0 Å². The van der Waals surface area contributed by atoms with Gasteiger partial charge in [-0.2, -0.15) is 5.10 Å². The number of piperidine rings is 1. The van der Waals surface area contributed by atoms with Gasteiger partial charge in [-0.1, -0.05) is 6.42 Å². The highest BCUT2D eigenvalue weighted by Crippen LogP contribution is 2.23. The second kappa shape index (κ2) is 6.68. The summed E-state index contributed by atoms with van der Waals surface area (Å²) >= 11 is 0. The number of rotatable bonds is 3. The summed E-state index contributed by atoms with van der Waals surface area (Å²) in [7, 11) is 0. The number of carbonyl (C=O) groups is 1. The fourth-order valence-corrected chi connectivity index (χ4v) is 3.67. The van der Waals surface area contributed by atoms with E-state index in [2.05, 4.69) is 24.6 Å². The first-order valence-corrected chi connectivity index (χ1v) is 8.62. The van der Waals surface area contributed by atoms with Gasteiger partial charge >= 0.3 is 0 Å². The van der Waals surface area contributed by atoms with Gasteiger partial charge in [0.15, 0.2) is 0 Å². The fourth-order valence-electron chi connectivity index (χ4n) is 3.67. The van der Waals surface area contributed by atoms with Gasteiger partial charge in [0.25, 0.3) is 5.91 Å². The molecule has 0 aromatic carbocycles. The Morgan fingerprint density at radius 3 is 2.71 bits per heavy atom. The Hall–Kier alpha value is -2.28. The van der Waals surface area contributed by atoms with E-state index in [1.807, 2.05) is 17.2 Å². The van der Waals surface area contributed by atoms with Gasteiger partial charge in [0.1, 0.15) is 0 Å². The molecule has 1 fully saturated rings. The number of amides is 1. The Morgan fingerprint density at radius 1 is 1.12 bits per heavy atom. The monoisotopic (exact) mass is 326 g/mol. The van der Waals surface area contributed by atoms with Gasteiger partial charge in [-0.3, -0.25) is 9.48 Å². The number of hydrogen-bond acceptors (Lipinski definition) is 5. The van der Waals surface area contributed by atoms with Crippen molar-refractivity contribution in [3.63, 3.8) is 0 Å². The molecule has 24 heavy (non-hydrogen) atoms. The normalized spacial score (nSPS) is 21.5. The summed E-state index contributed by atoms with van der Waals surface area (Å²) in [5, 5.41) is 4.49. The first kappa shape index (κ1) is 15.3. The van der Waals surface area contributed by atoms with Gasteiger partial charge in [-0.05, 0) is 38.1 Å². The van der Waals surface area contributed by atoms with Crippen LogP contribution in [0.15, 0.2) is 30.7 Å². The lowest BCUT2D eigenvalue weighted by Gasteiger charge is -2.37. The zero-order valence-corrected chi connectivity index (χ0v) is 13.7. The zero-order chi connectivity index (χ0) is 16.4. The molecule has 1 saturated heterocycles. The highest BCUT2D eigenvalue weighted by molar-refractivity contribution is 5.90. The van der Waals surface area contributed by atoms with Crippen LogP contribution in [0.5, 0.6) is 0 Å². The molecule has 0 radical (unpaired) electrons. The van der Waals surface area contributed by atoms with Crippen LogP contribution in [0.25, 0.3) is 0 Å². The van der Waals surface area contributed by atoms with Crippen molar-refractivity contribution < 1.29 is 4.79 Å². The molecule has 0 saturated carbocycles. The molecule has 126 valence electrons. The molecule has 4 rings (SSSR count). The molecule has 2 aliphatic heterocycles. The Kier molecular flexibility index (Phi) is 4.25. The maximum atomic E-state index is 12.7. The summed E-state index contributed by atoms with van der Waals surface area (Å²) in [6, 6.07) is 3.91. The summed E-state index contributed by atoms with van der Waals surface area (Å²) in [6.45, 7) is 4.44. The highest BCUT2D eigenvalue weighted by Gasteiger charge is 2.31. The van der Waals surface area contributed by atoms with Crippen LogP contribution in [-0.4, -0.2) is 61.6 Å². The Bertz CT molecular complexity index is 694. The Balaban J connectivity index is 1.53. The van der Waals surface area contributed by atoms with E-state index in [1.54, 1.807) is 18.5 Å². The third-order valence-corrected chi connectivity index (χ3v) is 4.84. The summed E-state index contributed by atoms with van der Waals surface area (Å²) in [5.74, 6) is 0.161. The van der Waals surface area contributed by atoms with E-state index in [9.17, 15) is 4.79 Å². The lowest BCUT2D eigenvalue weighted by molar-refractivity contribution is 0.0619. The van der Waals surface area contributed by atoms with Crippen molar-refractivity contribution in [3.05, 3.63) is 42.2 Å². The molecule has 0 bridgehead atoms. The molecule has 2 aromatic heterocycles. The van der Waals surface area contributed by atoms with Crippen molar-refractivity contribution in [1.82, 2.24) is 29.5 Å². The van der Waals surface area contributed by atoms with Crippen molar-refractivity contribution in [1.29, 1.82) is 0 Å². The van der Waals surface area contributed by atoms with Gasteiger partial charge < -0.3 is 9.80 Å². The van der Waals surface area contributed by atoms with Crippen LogP contribution in [0.3, 0.4) is 0 Å². The third-order valence-electron chi connectivity index (χ3n) is 4.84. The molecule has 2 aromatic rings. The quantitative estimate of drug-likeness (QED) is 0.852. The molecule has 7 nitrogen and oxygen atoms in total. The first-order chi connectivity index (χ1) is 11.8. The smallest absolute Gasteiger partial charge is 0.292 e. The summed E-state index contributed by atoms with van der Waals surface area (Å²) in [4.78, 5) is 25.3. The number of carbonyl (C=O) groups excluding carboxylic acids is 1. The van der Waals surface area contributed by atoms with Crippen molar-refractivity contribution in [2.24, 2.45) is 0 Å². The summed E-state index contributed by atoms with van der Waals surface area (Å²) < 4.78 is 2.09. The molecule has 1 atom stereocenters. The molecular weight excluding hydrogens is 304 g/mol. The summed E-state index contributed by atoms with van der Waals surface area (Å²) in [6.07, 6.45) is 8.90. The van der Waals surface area contributed by atoms with Gasteiger partial charge in [0.2, 0.25) is 5.82 Å². The zero-order valence-electron chi connectivity index (χ0n) is 13.7.